The number of carbonyl (C=O) groups is 2. The van der Waals surface area contributed by atoms with Crippen LogP contribution >= 0.6 is 0 Å². The van der Waals surface area contributed by atoms with Gasteiger partial charge in [0.15, 0.2) is 11.4 Å². The van der Waals surface area contributed by atoms with Crippen LogP contribution in [0.25, 0.3) is 27.5 Å². The number of fused-ring (bicyclic) bond motifs is 2. The van der Waals surface area contributed by atoms with Gasteiger partial charge >= 0.3 is 5.97 Å². The molecule has 0 aliphatic heterocycles. The van der Waals surface area contributed by atoms with Crippen molar-refractivity contribution < 1.29 is 14.7 Å². The van der Waals surface area contributed by atoms with E-state index in [0.29, 0.717) is 42.6 Å². The van der Waals surface area contributed by atoms with E-state index >= 15 is 0 Å². The first kappa shape index (κ1) is 20.2. The molecule has 1 saturated carbocycles. The number of aliphatic carboxylic acids is 1. The van der Waals surface area contributed by atoms with Crippen molar-refractivity contribution in [1.82, 2.24) is 14.6 Å². The fourth-order valence-corrected chi connectivity index (χ4v) is 4.86. The molecule has 1 aliphatic rings. The topological polar surface area (TPSA) is 111 Å². The smallest absolute Gasteiger partial charge is 0.306 e. The van der Waals surface area contributed by atoms with Crippen LogP contribution in [0.5, 0.6) is 0 Å². The number of hydrogen-bond acceptors (Lipinski definition) is 5. The summed E-state index contributed by atoms with van der Waals surface area (Å²) in [7, 11) is 0. The predicted octanol–water partition coefficient (Wildman–Crippen LogP) is 4.69. The molecule has 1 aliphatic carbocycles. The number of aromatic nitrogens is 3. The molecule has 0 atom stereocenters. The Kier molecular flexibility index (Phi) is 4.89. The van der Waals surface area contributed by atoms with E-state index in [2.05, 4.69) is 29.4 Å². The number of Topliss-reactive ketones (excluding diaryl/α,β-unsaturated/α-hetero) is 1. The highest BCUT2D eigenvalue weighted by Gasteiger charge is 2.31. The zero-order chi connectivity index (χ0) is 22.4. The molecule has 3 N–H and O–H groups in total. The molecule has 0 unspecified atom stereocenters. The maximum atomic E-state index is 12.5. The van der Waals surface area contributed by atoms with Gasteiger partial charge in [-0.1, -0.05) is 36.4 Å². The lowest BCUT2D eigenvalue weighted by Gasteiger charge is -2.27. The Morgan fingerprint density at radius 1 is 1.06 bits per heavy atom. The molecule has 0 amide bonds. The number of nitrogens with zero attached hydrogens (tertiary/aromatic N) is 3. The van der Waals surface area contributed by atoms with Gasteiger partial charge in [-0.25, -0.2) is 4.98 Å². The van der Waals surface area contributed by atoms with Gasteiger partial charge in [-0.15, -0.1) is 0 Å². The lowest BCUT2D eigenvalue weighted by atomic mass is 9.79. The highest BCUT2D eigenvalue weighted by Crippen LogP contribution is 2.39. The summed E-state index contributed by atoms with van der Waals surface area (Å²) in [6.07, 6.45) is 4.21. The van der Waals surface area contributed by atoms with Gasteiger partial charge in [-0.3, -0.25) is 9.59 Å². The fourth-order valence-electron chi connectivity index (χ4n) is 4.86. The maximum absolute atomic E-state index is 12.5. The van der Waals surface area contributed by atoms with Crippen molar-refractivity contribution in [2.75, 3.05) is 5.73 Å². The summed E-state index contributed by atoms with van der Waals surface area (Å²) < 4.78 is 1.54. The predicted molar refractivity (Wildman–Crippen MR) is 123 cm³/mol. The van der Waals surface area contributed by atoms with E-state index in [-0.39, 0.29) is 23.4 Å². The minimum Gasteiger partial charge on any atom is -0.481 e. The molecule has 32 heavy (non-hydrogen) atoms. The van der Waals surface area contributed by atoms with Crippen LogP contribution in [-0.4, -0.2) is 31.5 Å². The van der Waals surface area contributed by atoms with Crippen LogP contribution in [0.15, 0.2) is 48.7 Å². The number of hydrogen-bond donors (Lipinski definition) is 2. The van der Waals surface area contributed by atoms with Crippen LogP contribution in [0.3, 0.4) is 0 Å². The summed E-state index contributed by atoms with van der Waals surface area (Å²) in [5.74, 6) is -0.972. The van der Waals surface area contributed by atoms with Crippen molar-refractivity contribution >= 4 is 34.0 Å². The largest absolute Gasteiger partial charge is 0.481 e. The first-order valence-corrected chi connectivity index (χ1v) is 10.8. The Balaban J connectivity index is 1.64. The first-order chi connectivity index (χ1) is 15.4. The summed E-state index contributed by atoms with van der Waals surface area (Å²) in [5.41, 5.74) is 9.91. The standard InChI is InChI=1S/C25H24N4O3/c1-14(30)21-22(16-7-9-17(10-8-16)25(31)32)28-24-20(13-27-29(24)23(21)26)19-11-6-15-4-2-3-5-18(15)12-19/h2-6,11-13,16-17H,7-10,26H2,1H3,(H,31,32). The third-order valence-corrected chi connectivity index (χ3v) is 6.59. The van der Waals surface area contributed by atoms with Crippen LogP contribution in [0.2, 0.25) is 0 Å². The summed E-state index contributed by atoms with van der Waals surface area (Å²) >= 11 is 0. The van der Waals surface area contributed by atoms with E-state index in [1.165, 1.54) is 11.4 Å². The molecule has 162 valence electrons. The number of anilines is 1. The van der Waals surface area contributed by atoms with E-state index in [1.54, 1.807) is 6.20 Å². The fraction of sp³-hybridized carbons (Fsp3) is 0.280. The van der Waals surface area contributed by atoms with E-state index in [9.17, 15) is 14.7 Å². The van der Waals surface area contributed by atoms with Crippen LogP contribution in [0, 0.1) is 5.92 Å². The second-order valence-corrected chi connectivity index (χ2v) is 8.56. The molecular formula is C25H24N4O3. The quantitative estimate of drug-likeness (QED) is 0.456. The normalized spacial score (nSPS) is 18.8. The molecule has 0 bridgehead atoms. The number of ketones is 1. The van der Waals surface area contributed by atoms with Crippen LogP contribution in [0.1, 0.15) is 54.6 Å². The minimum atomic E-state index is -0.757. The third kappa shape index (κ3) is 3.30. The molecule has 0 saturated heterocycles. The first-order valence-electron chi connectivity index (χ1n) is 10.8. The summed E-state index contributed by atoms with van der Waals surface area (Å²) in [6, 6.07) is 14.3. The summed E-state index contributed by atoms with van der Waals surface area (Å²) in [6.45, 7) is 1.49. The van der Waals surface area contributed by atoms with Crippen LogP contribution in [0.4, 0.5) is 5.82 Å². The number of benzene rings is 2. The number of carboxylic acid groups (broad SMARTS) is 1. The van der Waals surface area contributed by atoms with Crippen molar-refractivity contribution in [2.24, 2.45) is 5.92 Å². The zero-order valence-corrected chi connectivity index (χ0v) is 17.8. The number of nitrogen functional groups attached to an aromatic ring is 1. The van der Waals surface area contributed by atoms with Gasteiger partial charge in [0.1, 0.15) is 5.82 Å². The molecule has 7 heteroatoms. The van der Waals surface area contributed by atoms with Gasteiger partial charge < -0.3 is 10.8 Å². The Morgan fingerprint density at radius 2 is 1.78 bits per heavy atom. The summed E-state index contributed by atoms with van der Waals surface area (Å²) in [5, 5.41) is 16.0. The average molecular weight is 428 g/mol. The lowest BCUT2D eigenvalue weighted by Crippen LogP contribution is -2.23. The Morgan fingerprint density at radius 3 is 2.47 bits per heavy atom. The second kappa shape index (κ2) is 7.75. The number of nitrogens with two attached hydrogens (primary N) is 1. The second-order valence-electron chi connectivity index (χ2n) is 8.56. The molecule has 1 fully saturated rings. The Bertz CT molecular complexity index is 1370. The molecule has 0 spiro atoms. The molecule has 2 aromatic carbocycles. The molecule has 2 aromatic heterocycles. The monoisotopic (exact) mass is 428 g/mol. The Hall–Kier alpha value is -3.74. The zero-order valence-electron chi connectivity index (χ0n) is 17.8. The Labute approximate surface area is 184 Å². The number of carboxylic acids is 1. The van der Waals surface area contributed by atoms with Gasteiger partial charge in [0.05, 0.1) is 23.4 Å². The van der Waals surface area contributed by atoms with Crippen molar-refractivity contribution in [1.29, 1.82) is 0 Å². The summed E-state index contributed by atoms with van der Waals surface area (Å²) in [4.78, 5) is 28.8. The van der Waals surface area contributed by atoms with Gasteiger partial charge in [-0.05, 0) is 55.0 Å². The van der Waals surface area contributed by atoms with Gasteiger partial charge in [0.25, 0.3) is 0 Å². The van der Waals surface area contributed by atoms with Crippen molar-refractivity contribution in [3.63, 3.8) is 0 Å². The van der Waals surface area contributed by atoms with E-state index in [1.807, 2.05) is 18.2 Å². The van der Waals surface area contributed by atoms with Gasteiger partial charge in [0, 0.05) is 11.5 Å². The van der Waals surface area contributed by atoms with E-state index in [0.717, 1.165) is 21.9 Å². The number of rotatable bonds is 4. The molecule has 4 aromatic rings. The molecule has 2 heterocycles. The van der Waals surface area contributed by atoms with Gasteiger partial charge in [0.2, 0.25) is 0 Å². The SMILES string of the molecule is CC(=O)c1c(C2CCC(C(=O)O)CC2)nc2c(-c3ccc4ccccc4c3)cnn2c1N. The maximum Gasteiger partial charge on any atom is 0.306 e. The minimum absolute atomic E-state index is 0.00356. The van der Waals surface area contributed by atoms with Gasteiger partial charge in [-0.2, -0.15) is 9.61 Å². The molecular weight excluding hydrogens is 404 g/mol. The van der Waals surface area contributed by atoms with Crippen LogP contribution < -0.4 is 5.73 Å². The highest BCUT2D eigenvalue weighted by molar-refractivity contribution is 6.00. The van der Waals surface area contributed by atoms with E-state index in [4.69, 9.17) is 10.7 Å². The number of carbonyl (C=O) groups excluding carboxylic acids is 1. The average Bonchev–Trinajstić information content (AvgIpc) is 3.23. The van der Waals surface area contributed by atoms with Crippen molar-refractivity contribution in [3.05, 3.63) is 59.9 Å². The van der Waals surface area contributed by atoms with E-state index < -0.39 is 5.97 Å². The van der Waals surface area contributed by atoms with Crippen LogP contribution in [-0.2, 0) is 4.79 Å². The lowest BCUT2D eigenvalue weighted by molar-refractivity contribution is -0.142. The highest BCUT2D eigenvalue weighted by atomic mass is 16.4. The van der Waals surface area contributed by atoms with Crippen molar-refractivity contribution in [2.45, 2.75) is 38.5 Å². The molecule has 7 nitrogen and oxygen atoms in total. The molecule has 5 rings (SSSR count). The van der Waals surface area contributed by atoms with Crippen molar-refractivity contribution in [3.8, 4) is 11.1 Å². The third-order valence-electron chi connectivity index (χ3n) is 6.59. The molecule has 0 radical (unpaired) electrons.